The average Bonchev–Trinajstić information content (AvgIpc) is 2.78. The van der Waals surface area contributed by atoms with Crippen molar-refractivity contribution in [2.24, 2.45) is 5.73 Å². The molecule has 3 nitrogen and oxygen atoms in total. The summed E-state index contributed by atoms with van der Waals surface area (Å²) in [6.07, 6.45) is 3.77. The van der Waals surface area contributed by atoms with E-state index in [0.29, 0.717) is 5.56 Å². The summed E-state index contributed by atoms with van der Waals surface area (Å²) in [5.74, 6) is -1.79. The normalized spacial score (nSPS) is 29.6. The van der Waals surface area contributed by atoms with Gasteiger partial charge in [-0.3, -0.25) is 0 Å². The Morgan fingerprint density at radius 1 is 1.28 bits per heavy atom. The van der Waals surface area contributed by atoms with Crippen molar-refractivity contribution in [2.45, 2.75) is 30.6 Å². The van der Waals surface area contributed by atoms with Crippen molar-refractivity contribution in [2.75, 3.05) is 24.5 Å². The quantitative estimate of drug-likeness (QED) is 0.894. The van der Waals surface area contributed by atoms with Crippen LogP contribution in [0.5, 0.6) is 0 Å². The van der Waals surface area contributed by atoms with E-state index < -0.39 is 11.3 Å². The molecule has 1 aromatic heterocycles. The van der Waals surface area contributed by atoms with E-state index in [1.165, 1.54) is 12.8 Å². The lowest BCUT2D eigenvalue weighted by Crippen LogP contribution is -2.27. The molecule has 1 unspecified atom stereocenters. The smallest absolute Gasteiger partial charge is 0.260 e. The number of anilines is 1. The Kier molecular flexibility index (Phi) is 2.55. The van der Waals surface area contributed by atoms with Gasteiger partial charge in [0.25, 0.3) is 5.92 Å². The molecule has 0 aromatic carbocycles. The van der Waals surface area contributed by atoms with Crippen molar-refractivity contribution in [3.63, 3.8) is 0 Å². The maximum absolute atomic E-state index is 13.4. The third kappa shape index (κ3) is 1.61. The number of rotatable bonds is 3. The van der Waals surface area contributed by atoms with Crippen LogP contribution in [0.15, 0.2) is 18.3 Å². The average molecular weight is 253 g/mol. The van der Waals surface area contributed by atoms with Gasteiger partial charge in [0.15, 0.2) is 0 Å². The van der Waals surface area contributed by atoms with Crippen molar-refractivity contribution in [1.82, 2.24) is 4.98 Å². The number of nitrogens with zero attached hydrogens (tertiary/aromatic N) is 2. The fourth-order valence-corrected chi connectivity index (χ4v) is 2.79. The topological polar surface area (TPSA) is 42.1 Å². The predicted octanol–water partition coefficient (Wildman–Crippen LogP) is 1.92. The van der Waals surface area contributed by atoms with Crippen LogP contribution in [0.3, 0.4) is 0 Å². The number of hydrogen-bond donors (Lipinski definition) is 1. The molecule has 1 saturated carbocycles. The highest BCUT2D eigenvalue weighted by molar-refractivity contribution is 5.45. The van der Waals surface area contributed by atoms with Crippen molar-refractivity contribution < 1.29 is 8.78 Å². The molecule has 98 valence electrons. The zero-order chi connectivity index (χ0) is 12.8. The van der Waals surface area contributed by atoms with Gasteiger partial charge >= 0.3 is 0 Å². The standard InChI is InChI=1S/C13H17F2N3/c14-13(15)8-12(13,9-16)10-3-4-11(17-7-10)18-5-1-2-6-18/h3-4,7H,1-2,5-6,8-9,16H2. The van der Waals surface area contributed by atoms with Crippen LogP contribution >= 0.6 is 0 Å². The van der Waals surface area contributed by atoms with Crippen molar-refractivity contribution >= 4 is 5.82 Å². The van der Waals surface area contributed by atoms with E-state index in [1.807, 2.05) is 6.07 Å². The summed E-state index contributed by atoms with van der Waals surface area (Å²) in [6.45, 7) is 1.99. The summed E-state index contributed by atoms with van der Waals surface area (Å²) in [5, 5.41) is 0. The fraction of sp³-hybridized carbons (Fsp3) is 0.615. The van der Waals surface area contributed by atoms with Gasteiger partial charge in [-0.2, -0.15) is 0 Å². The van der Waals surface area contributed by atoms with Crippen LogP contribution in [0.4, 0.5) is 14.6 Å². The number of pyridine rings is 1. The van der Waals surface area contributed by atoms with Crippen molar-refractivity contribution in [1.29, 1.82) is 0 Å². The molecule has 0 spiro atoms. The lowest BCUT2D eigenvalue weighted by atomic mass is 9.97. The molecule has 1 saturated heterocycles. The zero-order valence-electron chi connectivity index (χ0n) is 10.2. The Labute approximate surface area is 105 Å². The van der Waals surface area contributed by atoms with Gasteiger partial charge in [0, 0.05) is 32.3 Å². The van der Waals surface area contributed by atoms with Crippen LogP contribution in [-0.2, 0) is 5.41 Å². The molecule has 2 N–H and O–H groups in total. The highest BCUT2D eigenvalue weighted by Gasteiger charge is 2.71. The minimum Gasteiger partial charge on any atom is -0.357 e. The molecule has 1 aromatic rings. The third-order valence-corrected chi connectivity index (χ3v) is 4.18. The van der Waals surface area contributed by atoms with Gasteiger partial charge in [-0.05, 0) is 24.5 Å². The molecular weight excluding hydrogens is 236 g/mol. The van der Waals surface area contributed by atoms with E-state index in [4.69, 9.17) is 5.73 Å². The van der Waals surface area contributed by atoms with Crippen molar-refractivity contribution in [3.8, 4) is 0 Å². The Bertz CT molecular complexity index is 440. The van der Waals surface area contributed by atoms with Crippen LogP contribution in [0.1, 0.15) is 24.8 Å². The summed E-state index contributed by atoms with van der Waals surface area (Å²) in [4.78, 5) is 6.50. The minimum absolute atomic E-state index is 0.0231. The molecule has 5 heteroatoms. The summed E-state index contributed by atoms with van der Waals surface area (Å²) in [7, 11) is 0. The van der Waals surface area contributed by atoms with Gasteiger partial charge in [0.2, 0.25) is 0 Å². The maximum atomic E-state index is 13.4. The Morgan fingerprint density at radius 3 is 2.39 bits per heavy atom. The first-order valence-corrected chi connectivity index (χ1v) is 6.38. The largest absolute Gasteiger partial charge is 0.357 e. The molecule has 1 atom stereocenters. The number of halogens is 2. The SMILES string of the molecule is NCC1(c2ccc(N3CCCC3)nc2)CC1(F)F. The Hall–Kier alpha value is -1.23. The first-order chi connectivity index (χ1) is 8.59. The van der Waals surface area contributed by atoms with Crippen LogP contribution < -0.4 is 10.6 Å². The van der Waals surface area contributed by atoms with Gasteiger partial charge in [0.1, 0.15) is 5.82 Å². The molecule has 0 radical (unpaired) electrons. The fourth-order valence-electron chi connectivity index (χ4n) is 2.79. The first-order valence-electron chi connectivity index (χ1n) is 6.38. The van der Waals surface area contributed by atoms with Gasteiger partial charge in [-0.1, -0.05) is 6.07 Å². The molecule has 0 amide bonds. The van der Waals surface area contributed by atoms with Crippen molar-refractivity contribution in [3.05, 3.63) is 23.9 Å². The Balaban J connectivity index is 1.83. The Morgan fingerprint density at radius 2 is 1.94 bits per heavy atom. The van der Waals surface area contributed by atoms with Crippen LogP contribution in [-0.4, -0.2) is 30.5 Å². The number of hydrogen-bond acceptors (Lipinski definition) is 3. The highest BCUT2D eigenvalue weighted by Crippen LogP contribution is 2.60. The monoisotopic (exact) mass is 253 g/mol. The van der Waals surface area contributed by atoms with Gasteiger partial charge in [-0.25, -0.2) is 13.8 Å². The van der Waals surface area contributed by atoms with Gasteiger partial charge < -0.3 is 10.6 Å². The van der Waals surface area contributed by atoms with Crippen LogP contribution in [0.2, 0.25) is 0 Å². The van der Waals surface area contributed by atoms with Gasteiger partial charge in [-0.15, -0.1) is 0 Å². The highest BCUT2D eigenvalue weighted by atomic mass is 19.3. The second-order valence-electron chi connectivity index (χ2n) is 5.27. The molecule has 1 aliphatic heterocycles. The third-order valence-electron chi connectivity index (χ3n) is 4.18. The van der Waals surface area contributed by atoms with E-state index in [1.54, 1.807) is 12.3 Å². The zero-order valence-corrected chi connectivity index (χ0v) is 10.2. The molecule has 1 aliphatic carbocycles. The summed E-state index contributed by atoms with van der Waals surface area (Å²) >= 11 is 0. The van der Waals surface area contributed by atoms with E-state index in [-0.39, 0.29) is 13.0 Å². The van der Waals surface area contributed by atoms with Crippen LogP contribution in [0.25, 0.3) is 0 Å². The maximum Gasteiger partial charge on any atom is 0.260 e. The summed E-state index contributed by atoms with van der Waals surface area (Å²) in [6, 6.07) is 3.60. The molecule has 2 fully saturated rings. The molecule has 18 heavy (non-hydrogen) atoms. The van der Waals surface area contributed by atoms with Gasteiger partial charge in [0.05, 0.1) is 5.41 Å². The summed E-state index contributed by atoms with van der Waals surface area (Å²) in [5.41, 5.74) is 4.92. The number of nitrogens with two attached hydrogens (primary N) is 1. The van der Waals surface area contributed by atoms with E-state index in [0.717, 1.165) is 18.9 Å². The number of alkyl halides is 2. The van der Waals surface area contributed by atoms with Crippen LogP contribution in [0, 0.1) is 0 Å². The predicted molar refractivity (Wildman–Crippen MR) is 66.0 cm³/mol. The second kappa shape index (κ2) is 3.88. The molecule has 3 rings (SSSR count). The number of aromatic nitrogens is 1. The molecule has 0 bridgehead atoms. The molecule has 2 heterocycles. The van der Waals surface area contributed by atoms with E-state index in [2.05, 4.69) is 9.88 Å². The second-order valence-corrected chi connectivity index (χ2v) is 5.27. The lowest BCUT2D eigenvalue weighted by molar-refractivity contribution is 0.0895. The lowest BCUT2D eigenvalue weighted by Gasteiger charge is -2.18. The van der Waals surface area contributed by atoms with E-state index >= 15 is 0 Å². The molecule has 2 aliphatic rings. The molecular formula is C13H17F2N3. The van der Waals surface area contributed by atoms with E-state index in [9.17, 15) is 8.78 Å². The summed E-state index contributed by atoms with van der Waals surface area (Å²) < 4.78 is 26.8. The first kappa shape index (κ1) is 11.8. The minimum atomic E-state index is -2.67.